The van der Waals surface area contributed by atoms with Gasteiger partial charge in [-0.1, -0.05) is 232 Å². The van der Waals surface area contributed by atoms with Gasteiger partial charge < -0.3 is 37.9 Å². The van der Waals surface area contributed by atoms with Crippen LogP contribution in [-0.4, -0.2) is 75.6 Å². The van der Waals surface area contributed by atoms with Crippen LogP contribution in [0.15, 0.2) is 11.6 Å². The van der Waals surface area contributed by atoms with Gasteiger partial charge in [0.1, 0.15) is 36.9 Å². The summed E-state index contributed by atoms with van der Waals surface area (Å²) >= 11 is 0. The molecule has 1 aliphatic heterocycles. The summed E-state index contributed by atoms with van der Waals surface area (Å²) in [6, 6.07) is 0. The van der Waals surface area contributed by atoms with Crippen LogP contribution in [-0.2, 0) is 65.4 Å². The maximum Gasteiger partial charge on any atom is 0.342 e. The highest BCUT2D eigenvalue weighted by Crippen LogP contribution is 2.43. The number of carbonyl (C=O) groups excluding carboxylic acids is 6. The molecule has 14 heteroatoms. The van der Waals surface area contributed by atoms with Gasteiger partial charge in [-0.15, -0.1) is 0 Å². The number of cyclic esters (lactones) is 1. The molecule has 14 nitrogen and oxygen atoms in total. The minimum absolute atomic E-state index is 0.0701. The number of esters is 6. The summed E-state index contributed by atoms with van der Waals surface area (Å²) in [6.45, 7) is 13.6. The molecule has 3 atom stereocenters. The molecule has 476 valence electrons. The van der Waals surface area contributed by atoms with E-state index >= 15 is 0 Å². The summed E-state index contributed by atoms with van der Waals surface area (Å²) < 4.78 is 45.1. The van der Waals surface area contributed by atoms with Crippen molar-refractivity contribution < 1.29 is 66.7 Å². The molecule has 0 radical (unpaired) electrons. The molecular formula is C69H116O14. The minimum atomic E-state index is -1.01. The molecule has 0 aromatic heterocycles. The van der Waals surface area contributed by atoms with E-state index in [-0.39, 0.29) is 68.2 Å². The van der Waals surface area contributed by atoms with Gasteiger partial charge in [-0.05, 0) is 57.4 Å². The number of rotatable bonds is 53. The molecule has 83 heavy (non-hydrogen) atoms. The molecule has 1 aliphatic rings. The Morgan fingerprint density at radius 1 is 0.542 bits per heavy atom. The highest BCUT2D eigenvalue weighted by molar-refractivity contribution is 5.98. The Bertz CT molecular complexity index is 1950. The highest BCUT2D eigenvalue weighted by atomic mass is 16.7. The van der Waals surface area contributed by atoms with Gasteiger partial charge in [0, 0.05) is 43.7 Å². The van der Waals surface area contributed by atoms with Gasteiger partial charge in [-0.3, -0.25) is 24.0 Å². The summed E-state index contributed by atoms with van der Waals surface area (Å²) in [5.74, 6) is -1.76. The number of carbonyl (C=O) groups is 6. The van der Waals surface area contributed by atoms with Crippen molar-refractivity contribution in [3.63, 3.8) is 0 Å². The Hall–Kier alpha value is -4.62. The first-order chi connectivity index (χ1) is 40.1. The second kappa shape index (κ2) is 47.6. The van der Waals surface area contributed by atoms with Crippen molar-refractivity contribution in [2.75, 3.05) is 27.4 Å². The van der Waals surface area contributed by atoms with Crippen LogP contribution in [0.2, 0.25) is 0 Å². The molecule has 0 saturated carbocycles. The number of benzene rings is 1. The van der Waals surface area contributed by atoms with Crippen LogP contribution in [0, 0.1) is 18.8 Å². The fraction of sp³-hybridized carbons (Fsp3) is 0.797. The number of hydrogen-bond acceptors (Lipinski definition) is 14. The van der Waals surface area contributed by atoms with Gasteiger partial charge in [-0.2, -0.15) is 0 Å². The van der Waals surface area contributed by atoms with Crippen LogP contribution in [0.4, 0.5) is 0 Å². The lowest BCUT2D eigenvalue weighted by atomic mass is 9.94. The van der Waals surface area contributed by atoms with Crippen molar-refractivity contribution in [1.29, 1.82) is 0 Å². The maximum atomic E-state index is 13.3. The zero-order valence-corrected chi connectivity index (χ0v) is 53.8. The molecule has 0 amide bonds. The first-order valence-electron chi connectivity index (χ1n) is 33.1. The molecule has 0 aliphatic carbocycles. The number of fused-ring (bicyclic) bond motifs is 1. The van der Waals surface area contributed by atoms with E-state index < -0.39 is 30.3 Å². The second-order valence-corrected chi connectivity index (χ2v) is 23.9. The van der Waals surface area contributed by atoms with E-state index in [9.17, 15) is 28.8 Å². The maximum absolute atomic E-state index is 13.3. The third-order valence-electron chi connectivity index (χ3n) is 16.2. The van der Waals surface area contributed by atoms with Crippen molar-refractivity contribution in [2.24, 2.45) is 11.8 Å². The molecule has 0 saturated heterocycles. The van der Waals surface area contributed by atoms with Gasteiger partial charge in [-0.25, -0.2) is 4.79 Å². The predicted molar refractivity (Wildman–Crippen MR) is 329 cm³/mol. The van der Waals surface area contributed by atoms with Gasteiger partial charge >= 0.3 is 35.8 Å². The molecule has 0 N–H and O–H groups in total. The van der Waals surface area contributed by atoms with E-state index in [1.54, 1.807) is 14.0 Å². The highest BCUT2D eigenvalue weighted by Gasteiger charge is 2.34. The fourth-order valence-corrected chi connectivity index (χ4v) is 10.8. The van der Waals surface area contributed by atoms with Crippen molar-refractivity contribution in [2.45, 2.75) is 318 Å². The van der Waals surface area contributed by atoms with Crippen LogP contribution >= 0.6 is 0 Å². The van der Waals surface area contributed by atoms with Crippen molar-refractivity contribution in [3.05, 3.63) is 33.9 Å². The molecule has 1 aromatic carbocycles. The van der Waals surface area contributed by atoms with E-state index in [4.69, 9.17) is 37.9 Å². The molecule has 0 bridgehead atoms. The summed E-state index contributed by atoms with van der Waals surface area (Å²) in [6.07, 6.45) is 39.9. The normalized spacial score (nSPS) is 13.3. The first kappa shape index (κ1) is 74.5. The van der Waals surface area contributed by atoms with Gasteiger partial charge in [0.2, 0.25) is 6.29 Å². The lowest BCUT2D eigenvalue weighted by molar-refractivity contribution is -0.167. The number of methoxy groups -OCH3 is 2. The van der Waals surface area contributed by atoms with Crippen LogP contribution in [0.25, 0.3) is 0 Å². The van der Waals surface area contributed by atoms with E-state index in [1.165, 1.54) is 136 Å². The average Bonchev–Trinajstić information content (AvgIpc) is 2.42. The smallest absolute Gasteiger partial charge is 0.342 e. The second-order valence-electron chi connectivity index (χ2n) is 23.9. The lowest BCUT2D eigenvalue weighted by Crippen LogP contribution is -2.31. The Labute approximate surface area is 503 Å². The van der Waals surface area contributed by atoms with Gasteiger partial charge in [0.15, 0.2) is 6.10 Å². The van der Waals surface area contributed by atoms with E-state index in [2.05, 4.69) is 13.8 Å². The van der Waals surface area contributed by atoms with Gasteiger partial charge in [0.05, 0.1) is 20.1 Å². The van der Waals surface area contributed by atoms with Crippen molar-refractivity contribution in [1.82, 2.24) is 0 Å². The zero-order chi connectivity index (χ0) is 60.9. The Balaban J connectivity index is 1.79. The third kappa shape index (κ3) is 34.8. The van der Waals surface area contributed by atoms with Crippen LogP contribution in [0.3, 0.4) is 0 Å². The number of allylic oxidation sites excluding steroid dienone is 2. The largest absolute Gasteiger partial charge is 0.496 e. The topological polar surface area (TPSA) is 176 Å². The Kier molecular flexibility index (Phi) is 42.7. The average molecular weight is 1170 g/mol. The molecule has 0 fully saturated rings. The molecule has 2 rings (SSSR count). The van der Waals surface area contributed by atoms with E-state index in [0.717, 1.165) is 88.2 Å². The molecule has 1 aromatic rings. The summed E-state index contributed by atoms with van der Waals surface area (Å²) in [5, 5.41) is 0. The zero-order valence-electron chi connectivity index (χ0n) is 53.8. The van der Waals surface area contributed by atoms with E-state index in [0.29, 0.717) is 54.5 Å². The Morgan fingerprint density at radius 3 is 1.47 bits per heavy atom. The minimum Gasteiger partial charge on any atom is -0.496 e. The fourth-order valence-electron chi connectivity index (χ4n) is 10.8. The van der Waals surface area contributed by atoms with Gasteiger partial charge in [0.25, 0.3) is 0 Å². The number of hydrogen-bond donors (Lipinski definition) is 0. The standard InChI is InChI=1S/C69H116O14/c1-10-12-14-16-18-20-22-24-26-28-30-35-39-43-62(71)78-50-58(51-79-63(72)44-40-36-31-29-27-25-23-21-19-17-15-13-11-2)83-64(73)49-54(4)41-37-33-32-34-38-42-55(5)68(74)82-57(7)81-67-59(47-45-53(3)46-48-61(70)76-8)66(77-9)56(6)60-52-80-69(75)65(60)67/h45,54-55,57-58H,10-44,46-52H2,1-9H3/b53-45+. The molecule has 3 unspecified atom stereocenters. The SMILES string of the molecule is CCCCCCCCCCCCCCCC(=O)OCC(COC(=O)CCCCCCCCCCCCCCC)OC(=O)CC(C)CCCCCCCC(C)C(=O)OC(C)Oc1c(C/C=C(\C)CCC(=O)OC)c(OC)c(C)c2c1C(=O)OC2. The summed E-state index contributed by atoms with van der Waals surface area (Å²) in [7, 11) is 2.92. The molecule has 1 heterocycles. The van der Waals surface area contributed by atoms with Crippen LogP contribution < -0.4 is 9.47 Å². The van der Waals surface area contributed by atoms with Crippen LogP contribution in [0.5, 0.6) is 11.5 Å². The first-order valence-corrected chi connectivity index (χ1v) is 33.1. The molecule has 0 spiro atoms. The summed E-state index contributed by atoms with van der Waals surface area (Å²) in [4.78, 5) is 76.9. The Morgan fingerprint density at radius 2 is 1.00 bits per heavy atom. The van der Waals surface area contributed by atoms with Crippen molar-refractivity contribution >= 4 is 35.8 Å². The number of unbranched alkanes of at least 4 members (excludes halogenated alkanes) is 28. The van der Waals surface area contributed by atoms with Crippen molar-refractivity contribution in [3.8, 4) is 11.5 Å². The quantitative estimate of drug-likeness (QED) is 0.0198. The molecular weight excluding hydrogens is 1050 g/mol. The number of ether oxygens (including phenoxy) is 8. The monoisotopic (exact) mass is 1170 g/mol. The summed E-state index contributed by atoms with van der Waals surface area (Å²) in [5.41, 5.74) is 3.31. The lowest BCUT2D eigenvalue weighted by Gasteiger charge is -2.23. The third-order valence-corrected chi connectivity index (χ3v) is 16.2. The van der Waals surface area contributed by atoms with E-state index in [1.807, 2.05) is 33.8 Å². The van der Waals surface area contributed by atoms with Crippen LogP contribution in [0.1, 0.15) is 313 Å². The predicted octanol–water partition coefficient (Wildman–Crippen LogP) is 17.7.